The van der Waals surface area contributed by atoms with E-state index in [9.17, 15) is 4.89 Å². The van der Waals surface area contributed by atoms with Crippen molar-refractivity contribution in [2.45, 2.75) is 46.5 Å². The van der Waals surface area contributed by atoms with E-state index in [0.717, 1.165) is 18.5 Å². The van der Waals surface area contributed by atoms with Crippen LogP contribution >= 0.6 is 7.49 Å². The molecule has 0 rings (SSSR count). The standard InChI is InChI=1S/C10H24OP/c1-4-7-8-9-10-12(11,5-2)6-3/h11H,4-10H2,1-3H3/q+1. The van der Waals surface area contributed by atoms with Gasteiger partial charge in [-0.05, 0) is 26.7 Å². The summed E-state index contributed by atoms with van der Waals surface area (Å²) in [6, 6.07) is 0. The molecule has 0 aromatic rings. The molecular formula is C10H24OP+. The van der Waals surface area contributed by atoms with Gasteiger partial charge in [-0.3, -0.25) is 4.89 Å². The highest BCUT2D eigenvalue weighted by atomic mass is 31.2. The minimum absolute atomic E-state index is 1.01. The van der Waals surface area contributed by atoms with Gasteiger partial charge in [0.15, 0.2) is 0 Å². The van der Waals surface area contributed by atoms with Crippen LogP contribution in [0, 0.1) is 0 Å². The second-order valence-corrected chi connectivity index (χ2v) is 7.41. The zero-order valence-electron chi connectivity index (χ0n) is 8.84. The molecule has 74 valence electrons. The van der Waals surface area contributed by atoms with Crippen molar-refractivity contribution in [2.75, 3.05) is 18.5 Å². The van der Waals surface area contributed by atoms with Crippen molar-refractivity contribution in [3.05, 3.63) is 0 Å². The minimum atomic E-state index is -1.47. The van der Waals surface area contributed by atoms with Crippen LogP contribution in [-0.4, -0.2) is 23.4 Å². The molecule has 0 aromatic heterocycles. The van der Waals surface area contributed by atoms with Crippen molar-refractivity contribution in [3.8, 4) is 0 Å². The minimum Gasteiger partial charge on any atom is -0.252 e. The average molecular weight is 191 g/mol. The van der Waals surface area contributed by atoms with Crippen molar-refractivity contribution in [1.29, 1.82) is 0 Å². The lowest BCUT2D eigenvalue weighted by Gasteiger charge is -2.16. The van der Waals surface area contributed by atoms with Gasteiger partial charge in [0.25, 0.3) is 0 Å². The highest BCUT2D eigenvalue weighted by Gasteiger charge is 2.29. The lowest BCUT2D eigenvalue weighted by atomic mass is 10.2. The first-order valence-corrected chi connectivity index (χ1v) is 7.57. The van der Waals surface area contributed by atoms with Crippen molar-refractivity contribution in [2.24, 2.45) is 0 Å². The van der Waals surface area contributed by atoms with Crippen molar-refractivity contribution in [3.63, 3.8) is 0 Å². The van der Waals surface area contributed by atoms with E-state index in [1.54, 1.807) is 0 Å². The molecule has 0 heterocycles. The van der Waals surface area contributed by atoms with Crippen LogP contribution in [0.5, 0.6) is 0 Å². The molecule has 0 saturated heterocycles. The lowest BCUT2D eigenvalue weighted by molar-refractivity contribution is 0.589. The molecule has 0 atom stereocenters. The Balaban J connectivity index is 3.45. The molecule has 0 fully saturated rings. The third-order valence-electron chi connectivity index (χ3n) is 2.61. The van der Waals surface area contributed by atoms with E-state index in [4.69, 9.17) is 0 Å². The van der Waals surface area contributed by atoms with Gasteiger partial charge in [-0.15, -0.1) is 0 Å². The Hall–Kier alpha value is 0.390. The largest absolute Gasteiger partial charge is 0.252 e. The number of hydrogen-bond donors (Lipinski definition) is 1. The van der Waals surface area contributed by atoms with E-state index in [0.29, 0.717) is 0 Å². The Kier molecular flexibility index (Phi) is 7.08. The van der Waals surface area contributed by atoms with Crippen molar-refractivity contribution < 1.29 is 4.89 Å². The molecule has 0 spiro atoms. The molecule has 12 heavy (non-hydrogen) atoms. The van der Waals surface area contributed by atoms with E-state index in [2.05, 4.69) is 20.8 Å². The van der Waals surface area contributed by atoms with E-state index >= 15 is 0 Å². The molecule has 0 aliphatic rings. The van der Waals surface area contributed by atoms with Gasteiger partial charge in [0.2, 0.25) is 0 Å². The van der Waals surface area contributed by atoms with Crippen LogP contribution in [0.4, 0.5) is 0 Å². The average Bonchev–Trinajstić information content (AvgIpc) is 2.12. The lowest BCUT2D eigenvalue weighted by Crippen LogP contribution is -2.03. The Bertz CT molecular complexity index is 100. The molecule has 0 radical (unpaired) electrons. The van der Waals surface area contributed by atoms with Crippen LogP contribution in [0.1, 0.15) is 46.5 Å². The first kappa shape index (κ1) is 12.4. The summed E-state index contributed by atoms with van der Waals surface area (Å²) in [6.45, 7) is 6.47. The SMILES string of the molecule is CCCCCC[P+](O)(CC)CC. The van der Waals surface area contributed by atoms with Gasteiger partial charge < -0.3 is 0 Å². The summed E-state index contributed by atoms with van der Waals surface area (Å²) < 4.78 is 0. The van der Waals surface area contributed by atoms with Gasteiger partial charge in [0.1, 0.15) is 7.49 Å². The summed E-state index contributed by atoms with van der Waals surface area (Å²) in [4.78, 5) is 10.0. The summed E-state index contributed by atoms with van der Waals surface area (Å²) in [6.07, 6.45) is 8.27. The highest BCUT2D eigenvalue weighted by molar-refractivity contribution is 7.70. The molecule has 1 nitrogen and oxygen atoms in total. The Morgan fingerprint density at radius 1 is 0.917 bits per heavy atom. The molecular weight excluding hydrogens is 167 g/mol. The van der Waals surface area contributed by atoms with E-state index in [1.165, 1.54) is 25.7 Å². The van der Waals surface area contributed by atoms with Crippen LogP contribution in [0.3, 0.4) is 0 Å². The predicted molar refractivity (Wildman–Crippen MR) is 59.2 cm³/mol. The van der Waals surface area contributed by atoms with E-state index in [1.807, 2.05) is 0 Å². The molecule has 0 unspecified atom stereocenters. The monoisotopic (exact) mass is 191 g/mol. The zero-order chi connectivity index (χ0) is 9.45. The maximum atomic E-state index is 10.0. The van der Waals surface area contributed by atoms with Crippen LogP contribution in [0.2, 0.25) is 0 Å². The maximum Gasteiger partial charge on any atom is 0.141 e. The molecule has 0 amide bonds. The maximum absolute atomic E-state index is 10.0. The highest BCUT2D eigenvalue weighted by Crippen LogP contribution is 2.54. The van der Waals surface area contributed by atoms with Crippen LogP contribution < -0.4 is 0 Å². The van der Waals surface area contributed by atoms with Gasteiger partial charge in [-0.1, -0.05) is 19.8 Å². The fourth-order valence-electron chi connectivity index (χ4n) is 1.37. The normalized spacial score (nSPS) is 12.0. The van der Waals surface area contributed by atoms with Crippen LogP contribution in [0.15, 0.2) is 0 Å². The molecule has 0 bridgehead atoms. The fourth-order valence-corrected chi connectivity index (χ4v) is 3.26. The molecule has 0 aromatic carbocycles. The van der Waals surface area contributed by atoms with Crippen LogP contribution in [0.25, 0.3) is 0 Å². The first-order valence-electron chi connectivity index (χ1n) is 5.27. The first-order chi connectivity index (χ1) is 5.68. The van der Waals surface area contributed by atoms with Gasteiger partial charge in [0.05, 0.1) is 18.5 Å². The zero-order valence-corrected chi connectivity index (χ0v) is 9.74. The van der Waals surface area contributed by atoms with Crippen molar-refractivity contribution in [1.82, 2.24) is 0 Å². The number of hydrogen-bond acceptors (Lipinski definition) is 1. The van der Waals surface area contributed by atoms with Gasteiger partial charge in [-0.2, -0.15) is 0 Å². The smallest absolute Gasteiger partial charge is 0.141 e. The fraction of sp³-hybridized carbons (Fsp3) is 1.00. The van der Waals surface area contributed by atoms with E-state index < -0.39 is 7.49 Å². The molecule has 0 aliphatic carbocycles. The third-order valence-corrected chi connectivity index (χ3v) is 6.11. The third kappa shape index (κ3) is 5.11. The second-order valence-electron chi connectivity index (χ2n) is 3.51. The van der Waals surface area contributed by atoms with Gasteiger partial charge in [-0.25, -0.2) is 0 Å². The number of unbranched alkanes of at least 4 members (excludes halogenated alkanes) is 3. The molecule has 0 saturated carbocycles. The summed E-state index contributed by atoms with van der Waals surface area (Å²) in [7, 11) is -1.47. The Morgan fingerprint density at radius 3 is 1.92 bits per heavy atom. The van der Waals surface area contributed by atoms with Gasteiger partial charge >= 0.3 is 0 Å². The van der Waals surface area contributed by atoms with Crippen LogP contribution in [-0.2, 0) is 0 Å². The summed E-state index contributed by atoms with van der Waals surface area (Å²) in [5.74, 6) is 0. The summed E-state index contributed by atoms with van der Waals surface area (Å²) >= 11 is 0. The molecule has 1 N–H and O–H groups in total. The number of rotatable bonds is 7. The predicted octanol–water partition coefficient (Wildman–Crippen LogP) is 3.53. The van der Waals surface area contributed by atoms with E-state index in [-0.39, 0.29) is 0 Å². The van der Waals surface area contributed by atoms with Gasteiger partial charge in [0, 0.05) is 0 Å². The van der Waals surface area contributed by atoms with Crippen molar-refractivity contribution >= 4 is 7.49 Å². The molecule has 2 heteroatoms. The Morgan fingerprint density at radius 2 is 1.50 bits per heavy atom. The topological polar surface area (TPSA) is 20.2 Å². The Labute approximate surface area is 78.0 Å². The summed E-state index contributed by atoms with van der Waals surface area (Å²) in [5, 5.41) is 0. The molecule has 0 aliphatic heterocycles. The quantitative estimate of drug-likeness (QED) is 0.482. The summed E-state index contributed by atoms with van der Waals surface area (Å²) in [5.41, 5.74) is 0. The second kappa shape index (κ2) is 6.86.